The summed E-state index contributed by atoms with van der Waals surface area (Å²) in [6, 6.07) is 15.4. The Morgan fingerprint density at radius 2 is 1.58 bits per heavy atom. The number of fused-ring (bicyclic) bond motifs is 1. The minimum absolute atomic E-state index is 0.0642. The van der Waals surface area contributed by atoms with Gasteiger partial charge in [0.25, 0.3) is 5.91 Å². The van der Waals surface area contributed by atoms with Crippen LogP contribution in [-0.2, 0) is 39.3 Å². The van der Waals surface area contributed by atoms with Crippen LogP contribution < -0.4 is 14.8 Å². The number of nitrogens with zero attached hydrogens (tertiary/aromatic N) is 3. The molecule has 0 fully saturated rings. The predicted molar refractivity (Wildman–Crippen MR) is 178 cm³/mol. The molecule has 13 heteroatoms. The Kier molecular flexibility index (Phi) is 10.1. The van der Waals surface area contributed by atoms with Crippen LogP contribution >= 0.6 is 0 Å². The quantitative estimate of drug-likeness (QED) is 0.197. The molecule has 50 heavy (non-hydrogen) atoms. The third kappa shape index (κ3) is 7.36. The lowest BCUT2D eigenvalue weighted by Gasteiger charge is -2.30. The Morgan fingerprint density at radius 1 is 0.900 bits per heavy atom. The number of aromatic nitrogens is 2. The van der Waals surface area contributed by atoms with Crippen molar-refractivity contribution in [3.05, 3.63) is 106 Å². The van der Waals surface area contributed by atoms with Gasteiger partial charge < -0.3 is 29.2 Å². The molecule has 0 spiro atoms. The first kappa shape index (κ1) is 35.7. The first-order valence-electron chi connectivity index (χ1n) is 15.7. The minimum atomic E-state index is -1.60. The summed E-state index contributed by atoms with van der Waals surface area (Å²) in [7, 11) is 4.27. The maximum atomic E-state index is 15.0. The van der Waals surface area contributed by atoms with Crippen molar-refractivity contribution in [1.29, 1.82) is 0 Å². The van der Waals surface area contributed by atoms with E-state index in [0.29, 0.717) is 33.9 Å². The van der Waals surface area contributed by atoms with Crippen LogP contribution in [-0.4, -0.2) is 59.8 Å². The summed E-state index contributed by atoms with van der Waals surface area (Å²) >= 11 is 0. The van der Waals surface area contributed by atoms with Crippen molar-refractivity contribution in [3.8, 4) is 22.9 Å². The Labute approximate surface area is 288 Å². The molecule has 2 amide bonds. The van der Waals surface area contributed by atoms with Gasteiger partial charge in [-0.25, -0.2) is 28.3 Å². The highest BCUT2D eigenvalue weighted by Crippen LogP contribution is 2.34. The van der Waals surface area contributed by atoms with Crippen LogP contribution in [0.2, 0.25) is 0 Å². The summed E-state index contributed by atoms with van der Waals surface area (Å²) in [5, 5.41) is 2.61. The number of hydrogen-bond donors (Lipinski definition) is 1. The third-order valence-electron chi connectivity index (χ3n) is 8.19. The van der Waals surface area contributed by atoms with E-state index in [1.165, 1.54) is 34.3 Å². The molecule has 0 saturated heterocycles. The van der Waals surface area contributed by atoms with Crippen LogP contribution in [0.5, 0.6) is 11.5 Å². The summed E-state index contributed by atoms with van der Waals surface area (Å²) in [5.41, 5.74) is -0.225. The first-order valence-corrected chi connectivity index (χ1v) is 15.7. The second-order valence-corrected chi connectivity index (χ2v) is 12.9. The second kappa shape index (κ2) is 14.1. The average molecular weight is 689 g/mol. The molecule has 0 aliphatic carbocycles. The van der Waals surface area contributed by atoms with Crippen molar-refractivity contribution in [2.45, 2.75) is 58.3 Å². The summed E-state index contributed by atoms with van der Waals surface area (Å²) in [4.78, 5) is 50.1. The lowest BCUT2D eigenvalue weighted by Crippen LogP contribution is -2.51. The number of rotatable bonds is 10. The molecule has 1 aromatic heterocycles. The number of benzene rings is 3. The van der Waals surface area contributed by atoms with Gasteiger partial charge in [-0.15, -0.1) is 0 Å². The molecule has 1 unspecified atom stereocenters. The van der Waals surface area contributed by atoms with Crippen LogP contribution in [0.1, 0.15) is 66.1 Å². The molecule has 0 bridgehead atoms. The lowest BCUT2D eigenvalue weighted by atomic mass is 9.90. The number of amides is 2. The number of ether oxygens (including phenoxy) is 4. The van der Waals surface area contributed by atoms with Crippen molar-refractivity contribution in [1.82, 2.24) is 20.2 Å². The second-order valence-electron chi connectivity index (χ2n) is 12.9. The van der Waals surface area contributed by atoms with Gasteiger partial charge in [0.15, 0.2) is 11.4 Å². The van der Waals surface area contributed by atoms with E-state index in [-0.39, 0.29) is 42.5 Å². The zero-order chi connectivity index (χ0) is 36.4. The van der Waals surface area contributed by atoms with Gasteiger partial charge >= 0.3 is 12.1 Å². The Bertz CT molecular complexity index is 1930. The Balaban J connectivity index is 1.51. The fraction of sp³-hybridized carbons (Fsp3) is 0.324. The van der Waals surface area contributed by atoms with E-state index in [2.05, 4.69) is 15.3 Å². The van der Waals surface area contributed by atoms with Gasteiger partial charge in [0.2, 0.25) is 0 Å². The van der Waals surface area contributed by atoms with Crippen LogP contribution in [0.3, 0.4) is 0 Å². The van der Waals surface area contributed by atoms with Gasteiger partial charge in [-0.1, -0.05) is 30.3 Å². The van der Waals surface area contributed by atoms with Crippen LogP contribution in [0.4, 0.5) is 13.6 Å². The topological polar surface area (TPSA) is 129 Å². The van der Waals surface area contributed by atoms with Crippen molar-refractivity contribution in [2.24, 2.45) is 0 Å². The number of carbonyl (C=O) groups excluding carboxylic acids is 3. The number of carbonyl (C=O) groups is 3. The summed E-state index contributed by atoms with van der Waals surface area (Å²) in [5.74, 6) is -1.85. The highest BCUT2D eigenvalue weighted by Gasteiger charge is 2.40. The molecule has 4 aromatic rings. The van der Waals surface area contributed by atoms with E-state index in [1.807, 2.05) is 0 Å². The van der Waals surface area contributed by atoms with E-state index < -0.39 is 40.4 Å². The molecule has 1 aliphatic rings. The Morgan fingerprint density at radius 3 is 2.18 bits per heavy atom. The molecular formula is C37H38F2N4O7. The number of nitrogens with one attached hydrogen (secondary N) is 1. The smallest absolute Gasteiger partial charge is 0.408 e. The lowest BCUT2D eigenvalue weighted by molar-refractivity contribution is -0.148. The number of halogens is 2. The molecule has 5 rings (SSSR count). The molecule has 11 nitrogen and oxygen atoms in total. The van der Waals surface area contributed by atoms with Crippen LogP contribution in [0.25, 0.3) is 11.4 Å². The third-order valence-corrected chi connectivity index (χ3v) is 8.19. The van der Waals surface area contributed by atoms with Crippen molar-refractivity contribution >= 4 is 18.0 Å². The van der Waals surface area contributed by atoms with Crippen LogP contribution in [0.15, 0.2) is 60.7 Å². The predicted octanol–water partition coefficient (Wildman–Crippen LogP) is 6.10. The SMILES string of the molecule is COC(=O)C(C)(NC(=O)OC(C)(C)C)c1ccc(Cc2nc(-c3c(F)cccc3F)nc3c2C(=O)N(Cc2ccc(OC)cc2OC)C3)cc1. The summed E-state index contributed by atoms with van der Waals surface area (Å²) in [6.45, 7) is 6.83. The highest BCUT2D eigenvalue weighted by molar-refractivity contribution is 5.99. The van der Waals surface area contributed by atoms with Gasteiger partial charge in [0.05, 0.1) is 56.9 Å². The summed E-state index contributed by atoms with van der Waals surface area (Å²) in [6.07, 6.45) is -0.733. The maximum Gasteiger partial charge on any atom is 0.408 e. The Hall–Kier alpha value is -5.59. The van der Waals surface area contributed by atoms with Gasteiger partial charge in [0.1, 0.15) is 28.7 Å². The molecule has 262 valence electrons. The fourth-order valence-corrected chi connectivity index (χ4v) is 5.70. The van der Waals surface area contributed by atoms with Gasteiger partial charge in [-0.05, 0) is 63.1 Å². The van der Waals surface area contributed by atoms with E-state index in [9.17, 15) is 23.2 Å². The molecule has 3 aromatic carbocycles. The number of hydrogen-bond acceptors (Lipinski definition) is 9. The van der Waals surface area contributed by atoms with E-state index in [0.717, 1.165) is 12.1 Å². The number of alkyl carbamates (subject to hydrolysis) is 1. The fourth-order valence-electron chi connectivity index (χ4n) is 5.70. The average Bonchev–Trinajstić information content (AvgIpc) is 3.38. The zero-order valence-electron chi connectivity index (χ0n) is 28.9. The molecule has 1 N–H and O–H groups in total. The highest BCUT2D eigenvalue weighted by atomic mass is 19.1. The molecule has 1 aliphatic heterocycles. The standard InChI is InChI=1S/C37H38F2N4O7/c1-36(2,3)50-35(46)42-37(4,34(45)49-7)23-14-11-21(12-15-23)17-27-31-28(41-32(40-27)30-25(38)9-8-10-26(30)39)20-43(33(31)44)19-22-13-16-24(47-5)18-29(22)48-6/h8-16,18H,17,19-20H2,1-7H3,(H,42,46). The number of methoxy groups -OCH3 is 3. The van der Waals surface area contributed by atoms with Crippen molar-refractivity contribution in [3.63, 3.8) is 0 Å². The van der Waals surface area contributed by atoms with Gasteiger partial charge in [0, 0.05) is 18.1 Å². The van der Waals surface area contributed by atoms with Crippen molar-refractivity contribution < 1.29 is 42.1 Å². The van der Waals surface area contributed by atoms with E-state index in [4.69, 9.17) is 18.9 Å². The van der Waals surface area contributed by atoms with Crippen LogP contribution in [0, 0.1) is 11.6 Å². The minimum Gasteiger partial charge on any atom is -0.497 e. The molecule has 1 atom stereocenters. The molecule has 0 saturated carbocycles. The first-order chi connectivity index (χ1) is 23.7. The molecule has 2 heterocycles. The summed E-state index contributed by atoms with van der Waals surface area (Å²) < 4.78 is 51.1. The van der Waals surface area contributed by atoms with Crippen molar-refractivity contribution in [2.75, 3.05) is 21.3 Å². The van der Waals surface area contributed by atoms with Gasteiger partial charge in [-0.2, -0.15) is 0 Å². The van der Waals surface area contributed by atoms with E-state index in [1.54, 1.807) is 68.1 Å². The normalized spacial score (nSPS) is 13.7. The number of esters is 1. The molecule has 0 radical (unpaired) electrons. The molecular weight excluding hydrogens is 650 g/mol. The van der Waals surface area contributed by atoms with Gasteiger partial charge in [-0.3, -0.25) is 4.79 Å². The monoisotopic (exact) mass is 688 g/mol. The maximum absolute atomic E-state index is 15.0. The largest absolute Gasteiger partial charge is 0.497 e. The van der Waals surface area contributed by atoms with E-state index >= 15 is 0 Å². The zero-order valence-corrected chi connectivity index (χ0v) is 28.9.